The first-order valence-corrected chi connectivity index (χ1v) is 9.45. The average Bonchev–Trinajstić information content (AvgIpc) is 3.26. The summed E-state index contributed by atoms with van der Waals surface area (Å²) in [4.78, 5) is 21.1. The van der Waals surface area contributed by atoms with Crippen LogP contribution in [0, 0.1) is 13.8 Å². The maximum atomic E-state index is 12.1. The molecular weight excluding hydrogens is 378 g/mol. The maximum absolute atomic E-state index is 12.1. The molecule has 0 aliphatic rings. The summed E-state index contributed by atoms with van der Waals surface area (Å²) < 4.78 is 4.93. The molecule has 150 valence electrons. The minimum Gasteiger partial charge on any atom is -0.472 e. The molecular formula is C23H21N5O2. The van der Waals surface area contributed by atoms with Crippen molar-refractivity contribution in [1.82, 2.24) is 9.97 Å². The van der Waals surface area contributed by atoms with Gasteiger partial charge in [-0.3, -0.25) is 4.79 Å². The number of nitrogens with zero attached hydrogens (tertiary/aromatic N) is 2. The number of aryl methyl sites for hydroxylation is 2. The largest absolute Gasteiger partial charge is 0.472 e. The van der Waals surface area contributed by atoms with Gasteiger partial charge in [-0.2, -0.15) is 4.98 Å². The molecule has 3 N–H and O–H groups in total. The number of carbonyl (C=O) groups is 1. The third-order valence-electron chi connectivity index (χ3n) is 4.36. The molecule has 2 aromatic heterocycles. The monoisotopic (exact) mass is 399 g/mol. The summed E-state index contributed by atoms with van der Waals surface area (Å²) in [7, 11) is 0. The maximum Gasteiger partial charge on any atom is 0.258 e. The van der Waals surface area contributed by atoms with Crippen LogP contribution in [0.25, 0.3) is 0 Å². The average molecular weight is 399 g/mol. The van der Waals surface area contributed by atoms with E-state index in [-0.39, 0.29) is 5.91 Å². The molecule has 4 aromatic rings. The molecule has 30 heavy (non-hydrogen) atoms. The van der Waals surface area contributed by atoms with E-state index >= 15 is 0 Å². The van der Waals surface area contributed by atoms with E-state index in [0.29, 0.717) is 23.0 Å². The molecule has 0 unspecified atom stereocenters. The van der Waals surface area contributed by atoms with Crippen molar-refractivity contribution in [1.29, 1.82) is 0 Å². The van der Waals surface area contributed by atoms with Gasteiger partial charge >= 0.3 is 0 Å². The van der Waals surface area contributed by atoms with Crippen LogP contribution < -0.4 is 16.0 Å². The van der Waals surface area contributed by atoms with Crippen molar-refractivity contribution < 1.29 is 9.21 Å². The summed E-state index contributed by atoms with van der Waals surface area (Å²) >= 11 is 0. The zero-order valence-corrected chi connectivity index (χ0v) is 16.6. The summed E-state index contributed by atoms with van der Waals surface area (Å²) in [6.07, 6.45) is 2.87. The lowest BCUT2D eigenvalue weighted by Crippen LogP contribution is -2.10. The van der Waals surface area contributed by atoms with E-state index in [1.807, 2.05) is 68.4 Å². The molecule has 0 bridgehead atoms. The second kappa shape index (κ2) is 8.48. The van der Waals surface area contributed by atoms with E-state index in [1.54, 1.807) is 6.07 Å². The zero-order chi connectivity index (χ0) is 20.9. The normalized spacial score (nSPS) is 10.5. The van der Waals surface area contributed by atoms with Crippen molar-refractivity contribution in [3.63, 3.8) is 0 Å². The first-order valence-electron chi connectivity index (χ1n) is 9.45. The summed E-state index contributed by atoms with van der Waals surface area (Å²) in [5, 5.41) is 9.32. The van der Waals surface area contributed by atoms with E-state index in [4.69, 9.17) is 4.42 Å². The lowest BCUT2D eigenvalue weighted by molar-refractivity contribution is 0.102. The molecule has 7 nitrogen and oxygen atoms in total. The third kappa shape index (κ3) is 4.82. The second-order valence-electron chi connectivity index (χ2n) is 6.88. The number of aromatic nitrogens is 2. The summed E-state index contributed by atoms with van der Waals surface area (Å²) in [5.41, 5.74) is 4.96. The van der Waals surface area contributed by atoms with Gasteiger partial charge in [0.1, 0.15) is 12.1 Å². The first kappa shape index (κ1) is 19.2. The Morgan fingerprint density at radius 3 is 2.20 bits per heavy atom. The molecule has 0 aliphatic carbocycles. The summed E-state index contributed by atoms with van der Waals surface area (Å²) in [6, 6.07) is 18.9. The van der Waals surface area contributed by atoms with Gasteiger partial charge in [-0.05, 0) is 56.3 Å². The highest BCUT2D eigenvalue weighted by molar-refractivity contribution is 6.04. The lowest BCUT2D eigenvalue weighted by atomic mass is 10.2. The van der Waals surface area contributed by atoms with Crippen LogP contribution >= 0.6 is 0 Å². The van der Waals surface area contributed by atoms with E-state index in [1.165, 1.54) is 18.1 Å². The smallest absolute Gasteiger partial charge is 0.258 e. The Labute approximate surface area is 174 Å². The van der Waals surface area contributed by atoms with Gasteiger partial charge in [0.05, 0.1) is 11.8 Å². The quantitative estimate of drug-likeness (QED) is 0.401. The van der Waals surface area contributed by atoms with Crippen LogP contribution in [0.3, 0.4) is 0 Å². The minimum absolute atomic E-state index is 0.220. The van der Waals surface area contributed by atoms with Gasteiger partial charge in [0.15, 0.2) is 0 Å². The lowest BCUT2D eigenvalue weighted by Gasteiger charge is -2.11. The Morgan fingerprint density at radius 2 is 1.50 bits per heavy atom. The molecule has 0 aliphatic heterocycles. The van der Waals surface area contributed by atoms with Gasteiger partial charge in [0.2, 0.25) is 5.95 Å². The summed E-state index contributed by atoms with van der Waals surface area (Å²) in [5.74, 6) is 0.973. The van der Waals surface area contributed by atoms with Gasteiger partial charge in [-0.1, -0.05) is 17.7 Å². The van der Waals surface area contributed by atoms with Gasteiger partial charge < -0.3 is 20.4 Å². The molecule has 2 heterocycles. The summed E-state index contributed by atoms with van der Waals surface area (Å²) in [6.45, 7) is 3.96. The van der Waals surface area contributed by atoms with Crippen LogP contribution in [0.4, 0.5) is 28.8 Å². The predicted molar refractivity (Wildman–Crippen MR) is 118 cm³/mol. The Balaban J connectivity index is 1.44. The highest BCUT2D eigenvalue weighted by Gasteiger charge is 2.08. The molecule has 0 saturated heterocycles. The van der Waals surface area contributed by atoms with Crippen molar-refractivity contribution in [2.45, 2.75) is 13.8 Å². The van der Waals surface area contributed by atoms with Crippen molar-refractivity contribution in [2.75, 3.05) is 16.0 Å². The minimum atomic E-state index is -0.220. The number of hydrogen-bond acceptors (Lipinski definition) is 6. The molecule has 0 spiro atoms. The van der Waals surface area contributed by atoms with Crippen molar-refractivity contribution >= 4 is 34.7 Å². The van der Waals surface area contributed by atoms with E-state index < -0.39 is 0 Å². The number of amides is 1. The molecule has 1 amide bonds. The topological polar surface area (TPSA) is 92.1 Å². The first-order chi connectivity index (χ1) is 14.5. The fraction of sp³-hybridized carbons (Fsp3) is 0.0870. The van der Waals surface area contributed by atoms with Gasteiger partial charge in [-0.15, -0.1) is 0 Å². The third-order valence-corrected chi connectivity index (χ3v) is 4.36. The molecule has 0 fully saturated rings. The molecule has 0 radical (unpaired) electrons. The Kier molecular flexibility index (Phi) is 5.43. The number of benzene rings is 2. The van der Waals surface area contributed by atoms with Crippen LogP contribution in [0.2, 0.25) is 0 Å². The fourth-order valence-electron chi connectivity index (χ4n) is 2.84. The Morgan fingerprint density at radius 1 is 0.833 bits per heavy atom. The zero-order valence-electron chi connectivity index (χ0n) is 16.6. The molecule has 2 aromatic carbocycles. The number of carbonyl (C=O) groups excluding carboxylic acids is 1. The predicted octanol–water partition coefficient (Wildman–Crippen LogP) is 5.43. The number of rotatable bonds is 6. The van der Waals surface area contributed by atoms with Crippen molar-refractivity contribution in [3.05, 3.63) is 90.0 Å². The highest BCUT2D eigenvalue weighted by Crippen LogP contribution is 2.21. The van der Waals surface area contributed by atoms with Crippen molar-refractivity contribution in [3.8, 4) is 0 Å². The van der Waals surface area contributed by atoms with Crippen LogP contribution in [0.15, 0.2) is 77.6 Å². The Hall–Kier alpha value is -4.13. The highest BCUT2D eigenvalue weighted by atomic mass is 16.3. The Bertz CT molecular complexity index is 1140. The molecule has 7 heteroatoms. The SMILES string of the molecule is Cc1ccc(Nc2nc(C)cc(Nc3ccc(NC(=O)c4ccoc4)cc3)n2)cc1. The van der Waals surface area contributed by atoms with Gasteiger partial charge in [-0.25, -0.2) is 4.98 Å². The van der Waals surface area contributed by atoms with Crippen molar-refractivity contribution in [2.24, 2.45) is 0 Å². The van der Waals surface area contributed by atoms with Crippen LogP contribution in [-0.2, 0) is 0 Å². The molecule has 0 atom stereocenters. The van der Waals surface area contributed by atoms with Crippen LogP contribution in [0.1, 0.15) is 21.6 Å². The standard InChI is InChI=1S/C23H21N5O2/c1-15-3-5-20(6-4-15)27-23-24-16(2)13-21(28-23)25-18-7-9-19(10-8-18)26-22(29)17-11-12-30-14-17/h3-14H,1-2H3,(H,26,29)(H2,24,25,27,28). The van der Waals surface area contributed by atoms with Crippen LogP contribution in [-0.4, -0.2) is 15.9 Å². The number of anilines is 5. The van der Waals surface area contributed by atoms with E-state index in [9.17, 15) is 4.79 Å². The van der Waals surface area contributed by atoms with E-state index in [2.05, 4.69) is 25.9 Å². The molecule has 4 rings (SSSR count). The van der Waals surface area contributed by atoms with Crippen LogP contribution in [0.5, 0.6) is 0 Å². The van der Waals surface area contributed by atoms with E-state index in [0.717, 1.165) is 17.1 Å². The molecule has 0 saturated carbocycles. The number of nitrogens with one attached hydrogen (secondary N) is 3. The van der Waals surface area contributed by atoms with Gasteiger partial charge in [0, 0.05) is 28.8 Å². The number of hydrogen-bond donors (Lipinski definition) is 3. The number of furan rings is 1. The second-order valence-corrected chi connectivity index (χ2v) is 6.88. The van der Waals surface area contributed by atoms with Gasteiger partial charge in [0.25, 0.3) is 5.91 Å². The fourth-order valence-corrected chi connectivity index (χ4v) is 2.84.